The highest BCUT2D eigenvalue weighted by Crippen LogP contribution is 2.26. The van der Waals surface area contributed by atoms with E-state index in [1.807, 2.05) is 53.2 Å². The zero-order valence-corrected chi connectivity index (χ0v) is 15.7. The fourth-order valence-electron chi connectivity index (χ4n) is 3.13. The van der Waals surface area contributed by atoms with E-state index in [0.717, 1.165) is 22.2 Å². The van der Waals surface area contributed by atoms with Gasteiger partial charge in [0.25, 0.3) is 5.91 Å². The Morgan fingerprint density at radius 2 is 1.76 bits per heavy atom. The molecule has 0 unspecified atom stereocenters. The van der Waals surface area contributed by atoms with Crippen molar-refractivity contribution in [3.63, 3.8) is 0 Å². The standard InChI is InChI=1S/C23H19N3O3/c1-29-22-14-17-6-3-2-5-16(17)13-21(22)23(28)25-24-15-19-7-4-12-26(19)18-8-10-20(27)11-9-18/h2-15,27H,1H3,(H,25,28)/b24-15-. The Morgan fingerprint density at radius 3 is 2.48 bits per heavy atom. The lowest BCUT2D eigenvalue weighted by atomic mass is 10.1. The minimum Gasteiger partial charge on any atom is -0.508 e. The van der Waals surface area contributed by atoms with Crippen LogP contribution in [0, 0.1) is 0 Å². The number of nitrogens with one attached hydrogen (secondary N) is 1. The van der Waals surface area contributed by atoms with Crippen molar-refractivity contribution in [2.75, 3.05) is 7.11 Å². The summed E-state index contributed by atoms with van der Waals surface area (Å²) >= 11 is 0. The molecule has 4 aromatic rings. The number of phenolic OH excluding ortho intramolecular Hbond substituents is 1. The lowest BCUT2D eigenvalue weighted by Gasteiger charge is -2.09. The topological polar surface area (TPSA) is 75.8 Å². The Kier molecular flexibility index (Phi) is 4.99. The summed E-state index contributed by atoms with van der Waals surface area (Å²) in [6.45, 7) is 0. The molecular weight excluding hydrogens is 366 g/mol. The van der Waals surface area contributed by atoms with Gasteiger partial charge in [-0.1, -0.05) is 24.3 Å². The second-order valence-corrected chi connectivity index (χ2v) is 6.42. The maximum atomic E-state index is 12.6. The number of amides is 1. The minimum absolute atomic E-state index is 0.202. The van der Waals surface area contributed by atoms with Crippen LogP contribution in [0.5, 0.6) is 11.5 Å². The third kappa shape index (κ3) is 3.82. The van der Waals surface area contributed by atoms with E-state index in [0.29, 0.717) is 11.3 Å². The first-order valence-electron chi connectivity index (χ1n) is 9.02. The van der Waals surface area contributed by atoms with Crippen molar-refractivity contribution in [1.82, 2.24) is 9.99 Å². The van der Waals surface area contributed by atoms with Gasteiger partial charge in [0, 0.05) is 11.9 Å². The summed E-state index contributed by atoms with van der Waals surface area (Å²) in [5.41, 5.74) is 4.63. The predicted molar refractivity (Wildman–Crippen MR) is 113 cm³/mol. The average Bonchev–Trinajstić information content (AvgIpc) is 3.21. The summed E-state index contributed by atoms with van der Waals surface area (Å²) in [6, 6.07) is 22.0. The molecule has 0 bridgehead atoms. The van der Waals surface area contributed by atoms with Crippen molar-refractivity contribution in [2.24, 2.45) is 5.10 Å². The van der Waals surface area contributed by atoms with E-state index in [1.165, 1.54) is 7.11 Å². The number of methoxy groups -OCH3 is 1. The van der Waals surface area contributed by atoms with Crippen LogP contribution in [0.2, 0.25) is 0 Å². The van der Waals surface area contributed by atoms with Crippen molar-refractivity contribution in [1.29, 1.82) is 0 Å². The van der Waals surface area contributed by atoms with Gasteiger partial charge in [0.15, 0.2) is 0 Å². The van der Waals surface area contributed by atoms with Gasteiger partial charge in [-0.25, -0.2) is 5.43 Å². The Labute approximate surface area is 167 Å². The number of nitrogens with zero attached hydrogens (tertiary/aromatic N) is 2. The minimum atomic E-state index is -0.355. The number of carbonyl (C=O) groups is 1. The fraction of sp³-hybridized carbons (Fsp3) is 0.0435. The van der Waals surface area contributed by atoms with Gasteiger partial charge in [0.05, 0.1) is 24.6 Å². The van der Waals surface area contributed by atoms with Crippen LogP contribution in [0.4, 0.5) is 0 Å². The van der Waals surface area contributed by atoms with Gasteiger partial charge >= 0.3 is 0 Å². The number of fused-ring (bicyclic) bond motifs is 1. The lowest BCUT2D eigenvalue weighted by molar-refractivity contribution is 0.0952. The summed E-state index contributed by atoms with van der Waals surface area (Å²) < 4.78 is 7.27. The van der Waals surface area contributed by atoms with Crippen LogP contribution >= 0.6 is 0 Å². The first-order valence-corrected chi connectivity index (χ1v) is 9.02. The zero-order valence-electron chi connectivity index (χ0n) is 15.7. The van der Waals surface area contributed by atoms with E-state index in [4.69, 9.17) is 4.74 Å². The highest BCUT2D eigenvalue weighted by molar-refractivity contribution is 6.01. The fourth-order valence-corrected chi connectivity index (χ4v) is 3.13. The van der Waals surface area contributed by atoms with E-state index in [2.05, 4.69) is 10.5 Å². The Bertz CT molecular complexity index is 1190. The molecule has 29 heavy (non-hydrogen) atoms. The molecule has 0 aliphatic carbocycles. The third-order valence-electron chi connectivity index (χ3n) is 4.58. The van der Waals surface area contributed by atoms with Gasteiger partial charge in [0.2, 0.25) is 0 Å². The van der Waals surface area contributed by atoms with Gasteiger partial charge in [-0.3, -0.25) is 4.79 Å². The van der Waals surface area contributed by atoms with Gasteiger partial charge in [-0.05, 0) is 59.3 Å². The van der Waals surface area contributed by atoms with Gasteiger partial charge in [-0.2, -0.15) is 5.10 Å². The van der Waals surface area contributed by atoms with Gasteiger partial charge in [-0.15, -0.1) is 0 Å². The monoisotopic (exact) mass is 385 g/mol. The molecule has 0 spiro atoms. The number of hydrogen-bond acceptors (Lipinski definition) is 4. The van der Waals surface area contributed by atoms with Gasteiger partial charge < -0.3 is 14.4 Å². The van der Waals surface area contributed by atoms with Crippen molar-refractivity contribution >= 4 is 22.9 Å². The lowest BCUT2D eigenvalue weighted by Crippen LogP contribution is -2.18. The highest BCUT2D eigenvalue weighted by atomic mass is 16.5. The van der Waals surface area contributed by atoms with Crippen molar-refractivity contribution in [2.45, 2.75) is 0 Å². The van der Waals surface area contributed by atoms with Crippen molar-refractivity contribution < 1.29 is 14.6 Å². The van der Waals surface area contributed by atoms with Crippen LogP contribution in [0.25, 0.3) is 16.5 Å². The van der Waals surface area contributed by atoms with E-state index < -0.39 is 0 Å². The number of rotatable bonds is 5. The van der Waals surface area contributed by atoms with Crippen LogP contribution in [0.3, 0.4) is 0 Å². The molecule has 0 atom stereocenters. The number of aromatic nitrogens is 1. The summed E-state index contributed by atoms with van der Waals surface area (Å²) in [5.74, 6) is 0.336. The molecule has 1 aromatic heterocycles. The average molecular weight is 385 g/mol. The number of hydrazone groups is 1. The van der Waals surface area contributed by atoms with E-state index in [-0.39, 0.29) is 11.7 Å². The summed E-state index contributed by atoms with van der Waals surface area (Å²) in [5, 5.41) is 15.5. The highest BCUT2D eigenvalue weighted by Gasteiger charge is 2.13. The van der Waals surface area contributed by atoms with Crippen molar-refractivity contribution in [3.05, 3.63) is 90.3 Å². The molecule has 1 amide bonds. The molecule has 6 nitrogen and oxygen atoms in total. The van der Waals surface area contributed by atoms with Crippen LogP contribution in [-0.4, -0.2) is 28.9 Å². The number of carbonyl (C=O) groups excluding carboxylic acids is 1. The number of aromatic hydroxyl groups is 1. The van der Waals surface area contributed by atoms with Crippen LogP contribution in [0.1, 0.15) is 16.1 Å². The predicted octanol–water partition coefficient (Wildman–Crippen LogP) is 4.11. The summed E-state index contributed by atoms with van der Waals surface area (Å²) in [4.78, 5) is 12.6. The molecular formula is C23H19N3O3. The zero-order chi connectivity index (χ0) is 20.2. The molecule has 144 valence electrons. The second-order valence-electron chi connectivity index (χ2n) is 6.42. The summed E-state index contributed by atoms with van der Waals surface area (Å²) in [6.07, 6.45) is 3.44. The van der Waals surface area contributed by atoms with Crippen LogP contribution < -0.4 is 10.2 Å². The number of benzene rings is 3. The van der Waals surface area contributed by atoms with E-state index in [1.54, 1.807) is 36.5 Å². The molecule has 4 rings (SSSR count). The van der Waals surface area contributed by atoms with Gasteiger partial charge in [0.1, 0.15) is 11.5 Å². The Balaban J connectivity index is 1.55. The Hall–Kier alpha value is -4.06. The third-order valence-corrected chi connectivity index (χ3v) is 4.58. The summed E-state index contributed by atoms with van der Waals surface area (Å²) in [7, 11) is 1.54. The molecule has 3 aromatic carbocycles. The number of hydrogen-bond donors (Lipinski definition) is 2. The first kappa shape index (κ1) is 18.3. The SMILES string of the molecule is COc1cc2ccccc2cc1C(=O)N/N=C\c1cccn1-c1ccc(O)cc1. The number of phenols is 1. The smallest absolute Gasteiger partial charge is 0.275 e. The molecule has 0 radical (unpaired) electrons. The maximum Gasteiger partial charge on any atom is 0.275 e. The molecule has 2 N–H and O–H groups in total. The molecule has 0 aliphatic heterocycles. The number of ether oxygens (including phenoxy) is 1. The normalized spacial score (nSPS) is 11.1. The molecule has 6 heteroatoms. The Morgan fingerprint density at radius 1 is 1.03 bits per heavy atom. The molecule has 0 saturated carbocycles. The quantitative estimate of drug-likeness (QED) is 0.401. The largest absolute Gasteiger partial charge is 0.508 e. The molecule has 0 fully saturated rings. The molecule has 0 saturated heterocycles. The van der Waals surface area contributed by atoms with Crippen LogP contribution in [-0.2, 0) is 0 Å². The van der Waals surface area contributed by atoms with Crippen molar-refractivity contribution in [3.8, 4) is 17.2 Å². The second kappa shape index (κ2) is 7.90. The first-order chi connectivity index (χ1) is 14.2. The molecule has 1 heterocycles. The van der Waals surface area contributed by atoms with E-state index in [9.17, 15) is 9.90 Å². The van der Waals surface area contributed by atoms with E-state index >= 15 is 0 Å². The maximum absolute atomic E-state index is 12.6. The molecule has 0 aliphatic rings. The van der Waals surface area contributed by atoms with Crippen LogP contribution in [0.15, 0.2) is 84.1 Å².